The molecule has 3 saturated heterocycles. The summed E-state index contributed by atoms with van der Waals surface area (Å²) in [5.41, 5.74) is 1.37. The fourth-order valence-electron chi connectivity index (χ4n) is 4.67. The van der Waals surface area contributed by atoms with Crippen molar-refractivity contribution in [2.45, 2.75) is 18.5 Å². The third-order valence-electron chi connectivity index (χ3n) is 5.77. The number of rotatable bonds is 2. The highest BCUT2D eigenvalue weighted by Crippen LogP contribution is 2.49. The van der Waals surface area contributed by atoms with Crippen LogP contribution in [-0.2, 0) is 9.59 Å². The quantitative estimate of drug-likeness (QED) is 0.663. The van der Waals surface area contributed by atoms with Crippen LogP contribution in [0.25, 0.3) is 0 Å². The van der Waals surface area contributed by atoms with Crippen LogP contribution in [0.4, 0.5) is 5.69 Å². The van der Waals surface area contributed by atoms with Gasteiger partial charge in [0.1, 0.15) is 6.04 Å². The van der Waals surface area contributed by atoms with E-state index in [0.29, 0.717) is 15.7 Å². The summed E-state index contributed by atoms with van der Waals surface area (Å²) in [6.07, 6.45) is 0.955. The molecule has 0 radical (unpaired) electrons. The van der Waals surface area contributed by atoms with Crippen molar-refractivity contribution in [3.63, 3.8) is 0 Å². The lowest BCUT2D eigenvalue weighted by Crippen LogP contribution is -2.44. The van der Waals surface area contributed by atoms with Gasteiger partial charge in [-0.1, -0.05) is 46.9 Å². The van der Waals surface area contributed by atoms with Gasteiger partial charge in [0.2, 0.25) is 5.91 Å². The van der Waals surface area contributed by atoms with E-state index in [4.69, 9.17) is 34.8 Å². The van der Waals surface area contributed by atoms with Gasteiger partial charge in [-0.25, -0.2) is 14.9 Å². The Morgan fingerprint density at radius 3 is 2.11 bits per heavy atom. The summed E-state index contributed by atoms with van der Waals surface area (Å²) in [6.45, 7) is 1.58. The molecule has 28 heavy (non-hydrogen) atoms. The minimum Gasteiger partial charge on any atom is -0.274 e. The lowest BCUT2D eigenvalue weighted by molar-refractivity contribution is -0.126. The molecule has 3 aliphatic heterocycles. The normalized spacial score (nSPS) is 27.5. The summed E-state index contributed by atoms with van der Waals surface area (Å²) in [5.74, 6) is -0.947. The molecule has 0 unspecified atom stereocenters. The third kappa shape index (κ3) is 2.61. The summed E-state index contributed by atoms with van der Waals surface area (Å²) in [4.78, 5) is 28.0. The van der Waals surface area contributed by atoms with Gasteiger partial charge in [0.15, 0.2) is 0 Å². The van der Waals surface area contributed by atoms with Gasteiger partial charge in [0, 0.05) is 23.1 Å². The number of halogens is 3. The molecule has 0 bridgehead atoms. The Kier molecular flexibility index (Phi) is 4.41. The standard InChI is InChI=1S/C20H16Cl3N3O2/c21-12-4-2-11(3-5-12)17-16-18(25-9-1-8-24(17)25)20(28)26(19(16)27)15-7-6-13(22)10-14(15)23/h2-7,10,16-18H,1,8-9H2/t16-,17+,18-/m0/s1. The van der Waals surface area contributed by atoms with Crippen LogP contribution in [0.2, 0.25) is 15.1 Å². The van der Waals surface area contributed by atoms with Crippen molar-refractivity contribution >= 4 is 52.3 Å². The van der Waals surface area contributed by atoms with Crippen molar-refractivity contribution in [3.8, 4) is 0 Å². The molecule has 3 fully saturated rings. The van der Waals surface area contributed by atoms with Gasteiger partial charge < -0.3 is 0 Å². The number of amides is 2. The maximum absolute atomic E-state index is 13.5. The molecule has 3 heterocycles. The van der Waals surface area contributed by atoms with Crippen LogP contribution < -0.4 is 4.90 Å². The minimum absolute atomic E-state index is 0.197. The van der Waals surface area contributed by atoms with Gasteiger partial charge >= 0.3 is 0 Å². The Labute approximate surface area is 177 Å². The van der Waals surface area contributed by atoms with Crippen LogP contribution in [0.5, 0.6) is 0 Å². The molecule has 0 aromatic heterocycles. The molecule has 2 amide bonds. The van der Waals surface area contributed by atoms with Gasteiger partial charge in [0.25, 0.3) is 5.91 Å². The number of hydrogen-bond donors (Lipinski definition) is 0. The van der Waals surface area contributed by atoms with E-state index in [1.807, 2.05) is 29.3 Å². The molecule has 3 atom stereocenters. The second-order valence-electron chi connectivity index (χ2n) is 7.25. The van der Waals surface area contributed by atoms with Crippen LogP contribution in [0, 0.1) is 5.92 Å². The molecule has 144 valence electrons. The Balaban J connectivity index is 1.59. The van der Waals surface area contributed by atoms with Crippen LogP contribution in [0.15, 0.2) is 42.5 Å². The maximum atomic E-state index is 13.5. The summed E-state index contributed by atoms with van der Waals surface area (Å²) in [7, 11) is 0. The summed E-state index contributed by atoms with van der Waals surface area (Å²) in [6, 6.07) is 11.6. The number of nitrogens with zero attached hydrogens (tertiary/aromatic N) is 3. The smallest absolute Gasteiger partial charge is 0.253 e. The highest BCUT2D eigenvalue weighted by molar-refractivity contribution is 6.38. The molecular weight excluding hydrogens is 421 g/mol. The number of hydrazine groups is 1. The summed E-state index contributed by atoms with van der Waals surface area (Å²) >= 11 is 18.3. The Morgan fingerprint density at radius 2 is 1.43 bits per heavy atom. The Bertz CT molecular complexity index is 981. The molecule has 3 aliphatic rings. The second-order valence-corrected chi connectivity index (χ2v) is 8.53. The number of carbonyl (C=O) groups is 2. The maximum Gasteiger partial charge on any atom is 0.253 e. The molecule has 0 aliphatic carbocycles. The third-order valence-corrected chi connectivity index (χ3v) is 6.56. The van der Waals surface area contributed by atoms with Crippen LogP contribution in [-0.4, -0.2) is 41.0 Å². The van der Waals surface area contributed by atoms with E-state index >= 15 is 0 Å². The zero-order valence-corrected chi connectivity index (χ0v) is 17.0. The topological polar surface area (TPSA) is 43.9 Å². The van der Waals surface area contributed by atoms with Crippen molar-refractivity contribution in [2.75, 3.05) is 18.0 Å². The van der Waals surface area contributed by atoms with E-state index in [1.54, 1.807) is 18.2 Å². The zero-order valence-electron chi connectivity index (χ0n) is 14.7. The minimum atomic E-state index is -0.512. The molecule has 0 spiro atoms. The SMILES string of the molecule is O=C1[C@@H]2[C@@H](C(=O)N1c1ccc(Cl)cc1Cl)N1CCCN1[C@@H]2c1ccc(Cl)cc1. The first-order valence-electron chi connectivity index (χ1n) is 9.09. The van der Waals surface area contributed by atoms with E-state index in [2.05, 4.69) is 5.01 Å². The fourth-order valence-corrected chi connectivity index (χ4v) is 5.29. The highest BCUT2D eigenvalue weighted by Gasteiger charge is 2.63. The largest absolute Gasteiger partial charge is 0.274 e. The zero-order chi connectivity index (χ0) is 19.6. The summed E-state index contributed by atoms with van der Waals surface area (Å²) < 4.78 is 0. The number of imide groups is 1. The van der Waals surface area contributed by atoms with Crippen LogP contribution in [0.1, 0.15) is 18.0 Å². The Hall–Kier alpha value is -1.63. The van der Waals surface area contributed by atoms with E-state index in [9.17, 15) is 9.59 Å². The predicted octanol–water partition coefficient (Wildman–Crippen LogP) is 4.18. The molecule has 2 aromatic rings. The van der Waals surface area contributed by atoms with E-state index < -0.39 is 12.0 Å². The summed E-state index contributed by atoms with van der Waals surface area (Å²) in [5, 5.41) is 5.59. The van der Waals surface area contributed by atoms with Crippen molar-refractivity contribution in [1.29, 1.82) is 0 Å². The molecule has 5 rings (SSSR count). The van der Waals surface area contributed by atoms with Crippen molar-refractivity contribution in [1.82, 2.24) is 10.0 Å². The lowest BCUT2D eigenvalue weighted by Gasteiger charge is -2.30. The fraction of sp³-hybridized carbons (Fsp3) is 0.300. The number of anilines is 1. The average Bonchev–Trinajstić information content (AvgIpc) is 3.30. The first kappa shape index (κ1) is 18.4. The second kappa shape index (κ2) is 6.71. The monoisotopic (exact) mass is 435 g/mol. The molecule has 8 heteroatoms. The first-order valence-corrected chi connectivity index (χ1v) is 10.2. The van der Waals surface area contributed by atoms with Gasteiger partial charge in [-0.05, 0) is 42.3 Å². The average molecular weight is 437 g/mol. The number of carbonyl (C=O) groups excluding carboxylic acids is 2. The molecule has 2 aromatic carbocycles. The molecule has 0 N–H and O–H groups in total. The Morgan fingerprint density at radius 1 is 0.786 bits per heavy atom. The van der Waals surface area contributed by atoms with E-state index in [1.165, 1.54) is 4.90 Å². The van der Waals surface area contributed by atoms with E-state index in [-0.39, 0.29) is 22.9 Å². The molecular formula is C20H16Cl3N3O2. The van der Waals surface area contributed by atoms with Gasteiger partial charge in [0.05, 0.1) is 22.7 Å². The number of fused-ring (bicyclic) bond motifs is 3. The van der Waals surface area contributed by atoms with Crippen LogP contribution >= 0.6 is 34.8 Å². The number of hydrogen-bond acceptors (Lipinski definition) is 4. The van der Waals surface area contributed by atoms with Gasteiger partial charge in [-0.2, -0.15) is 0 Å². The lowest BCUT2D eigenvalue weighted by atomic mass is 9.90. The van der Waals surface area contributed by atoms with Crippen LogP contribution in [0.3, 0.4) is 0 Å². The molecule has 5 nitrogen and oxygen atoms in total. The highest BCUT2D eigenvalue weighted by atomic mass is 35.5. The van der Waals surface area contributed by atoms with Crippen molar-refractivity contribution < 1.29 is 9.59 Å². The first-order chi connectivity index (χ1) is 13.5. The van der Waals surface area contributed by atoms with Gasteiger partial charge in [-0.3, -0.25) is 9.59 Å². The van der Waals surface area contributed by atoms with Gasteiger partial charge in [-0.15, -0.1) is 0 Å². The van der Waals surface area contributed by atoms with E-state index in [0.717, 1.165) is 25.1 Å². The predicted molar refractivity (Wildman–Crippen MR) is 108 cm³/mol. The molecule has 0 saturated carbocycles. The number of benzene rings is 2. The van der Waals surface area contributed by atoms with Crippen molar-refractivity contribution in [2.24, 2.45) is 5.92 Å². The van der Waals surface area contributed by atoms with Crippen molar-refractivity contribution in [3.05, 3.63) is 63.1 Å².